The van der Waals surface area contributed by atoms with Crippen molar-refractivity contribution in [2.45, 2.75) is 13.0 Å². The number of carbonyl (C=O) groups is 1. The molecule has 0 spiro atoms. The van der Waals surface area contributed by atoms with E-state index in [2.05, 4.69) is 5.32 Å². The Hall–Kier alpha value is -3.14. The molecule has 2 rings (SSSR count). The Morgan fingerprint density at radius 2 is 1.78 bits per heavy atom. The zero-order valence-electron chi connectivity index (χ0n) is 14.9. The number of hydrogen-bond acceptors (Lipinski definition) is 6. The topological polar surface area (TPSA) is 119 Å². The number of nitrogens with one attached hydrogen (secondary N) is 1. The number of sulfonamides is 1. The van der Waals surface area contributed by atoms with Gasteiger partial charge in [-0.25, -0.2) is 13.2 Å². The molecule has 0 aliphatic carbocycles. The number of carbonyl (C=O) groups excluding carboxylic acids is 1. The van der Waals surface area contributed by atoms with Crippen LogP contribution in [0.5, 0.6) is 5.75 Å². The van der Waals surface area contributed by atoms with E-state index >= 15 is 0 Å². The highest BCUT2D eigenvalue weighted by Gasteiger charge is 2.20. The predicted octanol–water partition coefficient (Wildman–Crippen LogP) is 2.84. The van der Waals surface area contributed by atoms with Gasteiger partial charge in [-0.1, -0.05) is 18.2 Å². The monoisotopic (exact) mass is 393 g/mol. The van der Waals surface area contributed by atoms with E-state index in [1.54, 1.807) is 31.2 Å². The van der Waals surface area contributed by atoms with E-state index in [-0.39, 0.29) is 11.4 Å². The van der Waals surface area contributed by atoms with Gasteiger partial charge in [0.25, 0.3) is 5.69 Å². The highest BCUT2D eigenvalue weighted by molar-refractivity contribution is 7.92. The van der Waals surface area contributed by atoms with Crippen molar-refractivity contribution in [1.29, 1.82) is 0 Å². The number of amides is 1. The molecule has 0 saturated heterocycles. The normalized spacial score (nSPS) is 12.1. The fraction of sp³-hybridized carbons (Fsp3) is 0.235. The molecule has 27 heavy (non-hydrogen) atoms. The molecule has 0 aliphatic rings. The Morgan fingerprint density at radius 1 is 1.19 bits per heavy atom. The van der Waals surface area contributed by atoms with Crippen molar-refractivity contribution in [3.63, 3.8) is 0 Å². The van der Waals surface area contributed by atoms with E-state index in [1.807, 2.05) is 0 Å². The first kappa shape index (κ1) is 20.2. The van der Waals surface area contributed by atoms with Crippen molar-refractivity contribution in [2.24, 2.45) is 0 Å². The lowest BCUT2D eigenvalue weighted by Crippen LogP contribution is -2.32. The molecular formula is C17H19N3O6S. The maximum absolute atomic E-state index is 12.1. The Morgan fingerprint density at radius 3 is 2.33 bits per heavy atom. The van der Waals surface area contributed by atoms with Gasteiger partial charge in [0, 0.05) is 19.2 Å². The summed E-state index contributed by atoms with van der Waals surface area (Å²) in [5, 5.41) is 13.2. The van der Waals surface area contributed by atoms with Gasteiger partial charge in [0.2, 0.25) is 10.0 Å². The summed E-state index contributed by atoms with van der Waals surface area (Å²) in [4.78, 5) is 22.2. The zero-order chi connectivity index (χ0) is 20.2. The number of ether oxygens (including phenoxy) is 1. The first-order valence-corrected chi connectivity index (χ1v) is 9.70. The molecule has 0 aliphatic heterocycles. The standard InChI is InChI=1S/C17H19N3O6S/c1-12(15-6-4-5-7-16(15)19(2)27(3,24)25)18-17(21)26-14-10-8-13(9-11-14)20(22)23/h4-12H,1-3H3,(H,18,21). The SMILES string of the molecule is CC(NC(=O)Oc1ccc([N+](=O)[O-])cc1)c1ccccc1N(C)S(C)(=O)=O. The summed E-state index contributed by atoms with van der Waals surface area (Å²) < 4.78 is 29.9. The number of hydrogen-bond donors (Lipinski definition) is 1. The summed E-state index contributed by atoms with van der Waals surface area (Å²) in [6.45, 7) is 1.69. The molecule has 0 bridgehead atoms. The van der Waals surface area contributed by atoms with Crippen molar-refractivity contribution >= 4 is 27.5 Å². The second-order valence-electron chi connectivity index (χ2n) is 5.80. The van der Waals surface area contributed by atoms with Crippen molar-refractivity contribution in [2.75, 3.05) is 17.6 Å². The van der Waals surface area contributed by atoms with Crippen molar-refractivity contribution < 1.29 is 22.9 Å². The molecule has 1 N–H and O–H groups in total. The summed E-state index contributed by atoms with van der Waals surface area (Å²) in [7, 11) is -2.04. The maximum Gasteiger partial charge on any atom is 0.413 e. The molecule has 1 atom stereocenters. The van der Waals surface area contributed by atoms with Gasteiger partial charge in [-0.15, -0.1) is 0 Å². The van der Waals surface area contributed by atoms with Gasteiger partial charge in [-0.05, 0) is 30.7 Å². The van der Waals surface area contributed by atoms with Crippen LogP contribution >= 0.6 is 0 Å². The molecule has 9 nitrogen and oxygen atoms in total. The smallest absolute Gasteiger partial charge is 0.410 e. The second kappa shape index (κ2) is 8.04. The summed E-state index contributed by atoms with van der Waals surface area (Å²) in [5.74, 6) is 0.145. The van der Waals surface area contributed by atoms with Gasteiger partial charge in [0.05, 0.1) is 22.9 Å². The van der Waals surface area contributed by atoms with Crippen LogP contribution in [-0.2, 0) is 10.0 Å². The Balaban J connectivity index is 2.12. The minimum atomic E-state index is -3.47. The number of non-ortho nitro benzene ring substituents is 1. The minimum Gasteiger partial charge on any atom is -0.410 e. The third-order valence-corrected chi connectivity index (χ3v) is 5.02. The number of anilines is 1. The molecule has 0 heterocycles. The number of nitro groups is 1. The van der Waals surface area contributed by atoms with E-state index in [0.29, 0.717) is 11.3 Å². The molecule has 2 aromatic rings. The molecule has 0 radical (unpaired) electrons. The predicted molar refractivity (Wildman–Crippen MR) is 100 cm³/mol. The van der Waals surface area contributed by atoms with Crippen LogP contribution in [0.3, 0.4) is 0 Å². The van der Waals surface area contributed by atoms with Crippen LogP contribution in [0.15, 0.2) is 48.5 Å². The first-order chi connectivity index (χ1) is 12.6. The quantitative estimate of drug-likeness (QED) is 0.595. The lowest BCUT2D eigenvalue weighted by Gasteiger charge is -2.23. The van der Waals surface area contributed by atoms with E-state index < -0.39 is 27.1 Å². The average molecular weight is 393 g/mol. The molecule has 0 saturated carbocycles. The molecule has 144 valence electrons. The van der Waals surface area contributed by atoms with Crippen LogP contribution < -0.4 is 14.4 Å². The van der Waals surface area contributed by atoms with Crippen molar-refractivity contribution in [3.8, 4) is 5.75 Å². The molecule has 0 fully saturated rings. The average Bonchev–Trinajstić information content (AvgIpc) is 2.60. The lowest BCUT2D eigenvalue weighted by molar-refractivity contribution is -0.384. The number of nitro benzene ring substituents is 1. The van der Waals surface area contributed by atoms with E-state index in [1.165, 1.54) is 31.3 Å². The van der Waals surface area contributed by atoms with E-state index in [0.717, 1.165) is 10.6 Å². The zero-order valence-corrected chi connectivity index (χ0v) is 15.8. The van der Waals surface area contributed by atoms with Crippen LogP contribution in [0.25, 0.3) is 0 Å². The van der Waals surface area contributed by atoms with Gasteiger partial charge < -0.3 is 10.1 Å². The Labute approximate surface area is 156 Å². The lowest BCUT2D eigenvalue weighted by atomic mass is 10.1. The van der Waals surface area contributed by atoms with Gasteiger partial charge in [0.1, 0.15) is 5.75 Å². The third kappa shape index (κ3) is 5.17. The van der Waals surface area contributed by atoms with Crippen LogP contribution in [0.1, 0.15) is 18.5 Å². The Bertz CT molecular complexity index is 943. The summed E-state index contributed by atoms with van der Waals surface area (Å²) in [6.07, 6.45) is 0.318. The number of benzene rings is 2. The van der Waals surface area contributed by atoms with Gasteiger partial charge in [-0.3, -0.25) is 14.4 Å². The van der Waals surface area contributed by atoms with E-state index in [9.17, 15) is 23.3 Å². The van der Waals surface area contributed by atoms with Crippen LogP contribution in [0.2, 0.25) is 0 Å². The van der Waals surface area contributed by atoms with Crippen LogP contribution in [0.4, 0.5) is 16.2 Å². The van der Waals surface area contributed by atoms with Crippen molar-refractivity contribution in [1.82, 2.24) is 5.32 Å². The minimum absolute atomic E-state index is 0.117. The van der Waals surface area contributed by atoms with Gasteiger partial charge in [0.15, 0.2) is 0 Å². The largest absolute Gasteiger partial charge is 0.413 e. The number of nitrogens with zero attached hydrogens (tertiary/aromatic N) is 2. The molecule has 0 aromatic heterocycles. The van der Waals surface area contributed by atoms with Crippen molar-refractivity contribution in [3.05, 3.63) is 64.2 Å². The third-order valence-electron chi connectivity index (χ3n) is 3.83. The summed E-state index contributed by atoms with van der Waals surface area (Å²) in [6, 6.07) is 11.3. The van der Waals surface area contributed by atoms with Gasteiger partial charge >= 0.3 is 6.09 Å². The number of para-hydroxylation sites is 1. The first-order valence-electron chi connectivity index (χ1n) is 7.85. The second-order valence-corrected chi connectivity index (χ2v) is 7.81. The van der Waals surface area contributed by atoms with E-state index in [4.69, 9.17) is 4.74 Å². The summed E-state index contributed by atoms with van der Waals surface area (Å²) in [5.41, 5.74) is 0.906. The molecule has 1 unspecified atom stereocenters. The number of rotatable bonds is 6. The van der Waals surface area contributed by atoms with Crippen LogP contribution in [-0.4, -0.2) is 32.7 Å². The summed E-state index contributed by atoms with van der Waals surface area (Å²) >= 11 is 0. The molecule has 10 heteroatoms. The molecular weight excluding hydrogens is 374 g/mol. The van der Waals surface area contributed by atoms with Crippen LogP contribution in [0, 0.1) is 10.1 Å². The highest BCUT2D eigenvalue weighted by atomic mass is 32.2. The van der Waals surface area contributed by atoms with Gasteiger partial charge in [-0.2, -0.15) is 0 Å². The fourth-order valence-electron chi connectivity index (χ4n) is 2.35. The molecule has 1 amide bonds. The Kier molecular flexibility index (Phi) is 6.01. The highest BCUT2D eigenvalue weighted by Crippen LogP contribution is 2.27. The fourth-order valence-corrected chi connectivity index (χ4v) is 2.87. The molecule has 2 aromatic carbocycles. The maximum atomic E-state index is 12.1.